The number of urea groups is 1. The zero-order valence-corrected chi connectivity index (χ0v) is 18.5. The van der Waals surface area contributed by atoms with Crippen LogP contribution in [0.5, 0.6) is 0 Å². The van der Waals surface area contributed by atoms with E-state index in [1.807, 2.05) is 18.2 Å². The zero-order valence-electron chi connectivity index (χ0n) is 16.9. The first-order valence-corrected chi connectivity index (χ1v) is 11.3. The minimum absolute atomic E-state index is 0.0784. The number of benzene rings is 1. The molecule has 31 heavy (non-hydrogen) atoms. The summed E-state index contributed by atoms with van der Waals surface area (Å²) in [4.78, 5) is 49.9. The van der Waals surface area contributed by atoms with Crippen LogP contribution >= 0.6 is 23.4 Å². The van der Waals surface area contributed by atoms with Crippen molar-refractivity contribution < 1.29 is 23.8 Å². The second kappa shape index (κ2) is 10.6. The summed E-state index contributed by atoms with van der Waals surface area (Å²) in [5.74, 6) is -0.999. The second-order valence-corrected chi connectivity index (χ2v) is 8.67. The van der Waals surface area contributed by atoms with Crippen LogP contribution in [0.1, 0.15) is 31.2 Å². The summed E-state index contributed by atoms with van der Waals surface area (Å²) in [5, 5.41) is 4.67. The fourth-order valence-electron chi connectivity index (χ4n) is 3.43. The van der Waals surface area contributed by atoms with Crippen molar-refractivity contribution in [2.75, 3.05) is 13.1 Å². The van der Waals surface area contributed by atoms with Crippen molar-refractivity contribution in [1.29, 1.82) is 0 Å². The summed E-state index contributed by atoms with van der Waals surface area (Å²) in [6, 6.07) is 6.80. The van der Waals surface area contributed by atoms with Crippen molar-refractivity contribution in [2.24, 2.45) is 5.73 Å². The normalized spacial score (nSPS) is 17.8. The quantitative estimate of drug-likeness (QED) is 0.407. The Balaban J connectivity index is 1.43. The van der Waals surface area contributed by atoms with Crippen LogP contribution in [0.15, 0.2) is 35.7 Å². The molecule has 1 aromatic carbocycles. The van der Waals surface area contributed by atoms with Gasteiger partial charge in [-0.3, -0.25) is 9.59 Å². The molecule has 2 heterocycles. The summed E-state index contributed by atoms with van der Waals surface area (Å²) in [6.45, 7) is 0.348. The van der Waals surface area contributed by atoms with Crippen molar-refractivity contribution in [3.63, 3.8) is 0 Å². The van der Waals surface area contributed by atoms with Crippen molar-refractivity contribution >= 4 is 52.8 Å². The van der Waals surface area contributed by atoms with E-state index in [0.717, 1.165) is 5.56 Å². The van der Waals surface area contributed by atoms with Gasteiger partial charge in [0.2, 0.25) is 5.91 Å². The number of hydrogen-bond acceptors (Lipinski definition) is 5. The number of nitrogens with one attached hydrogen (secondary N) is 1. The fourth-order valence-corrected chi connectivity index (χ4v) is 4.60. The Hall–Kier alpha value is -2.65. The van der Waals surface area contributed by atoms with Gasteiger partial charge in [-0.05, 0) is 42.4 Å². The monoisotopic (exact) mass is 463 g/mol. The Bertz CT molecular complexity index is 962. The first-order valence-electron chi connectivity index (χ1n) is 9.98. The number of carbonyl (C=O) groups is 4. The molecule has 0 aliphatic carbocycles. The van der Waals surface area contributed by atoms with Gasteiger partial charge in [-0.15, -0.1) is 11.8 Å². The minimum atomic E-state index is -0.637. The number of nitrogens with two attached hydrogens (primary N) is 1. The average Bonchev–Trinajstić information content (AvgIpc) is 3.22. The van der Waals surface area contributed by atoms with E-state index in [0.29, 0.717) is 43.0 Å². The second-order valence-electron chi connectivity index (χ2n) is 7.25. The minimum Gasteiger partial charge on any atom is -0.366 e. The van der Waals surface area contributed by atoms with Gasteiger partial charge < -0.3 is 11.1 Å². The molecule has 1 unspecified atom stereocenters. The molecule has 2 aliphatic rings. The van der Waals surface area contributed by atoms with Crippen LogP contribution in [-0.2, 0) is 20.9 Å². The van der Waals surface area contributed by atoms with Crippen molar-refractivity contribution in [2.45, 2.75) is 37.5 Å². The Morgan fingerprint density at radius 3 is 2.71 bits per heavy atom. The first-order chi connectivity index (χ1) is 14.9. The van der Waals surface area contributed by atoms with Gasteiger partial charge in [0.1, 0.15) is 5.71 Å². The Kier molecular flexibility index (Phi) is 7.86. The summed E-state index contributed by atoms with van der Waals surface area (Å²) in [5.41, 5.74) is 6.62. The predicted octanol–water partition coefficient (Wildman–Crippen LogP) is 2.05. The van der Waals surface area contributed by atoms with Gasteiger partial charge in [0.05, 0.1) is 6.54 Å². The smallest absolute Gasteiger partial charge is 0.366 e. The molecular weight excluding hydrogens is 440 g/mol. The molecule has 0 aromatic heterocycles. The van der Waals surface area contributed by atoms with Crippen LogP contribution in [0.2, 0.25) is 5.02 Å². The third-order valence-electron chi connectivity index (χ3n) is 5.02. The standard InChI is InChI=1S/C21H23ClN4O4S/c22-15-7-4-3-6-14(15)12-24-18(28)8-2-1-5-10-25-20(29)19-16(9-11-31-19)26(21(25)30)13-17(23)27/h3-4,6-7,9,11,19H,1-2,5,8,10,12-13H2,(H2-,23,24,27,28)/p+1. The number of imide groups is 1. The summed E-state index contributed by atoms with van der Waals surface area (Å²) < 4.78 is 1.27. The van der Waals surface area contributed by atoms with E-state index in [9.17, 15) is 19.2 Å². The molecule has 10 heteroatoms. The number of hydrogen-bond donors (Lipinski definition) is 2. The number of carbonyl (C=O) groups excluding carboxylic acids is 4. The van der Waals surface area contributed by atoms with Gasteiger partial charge in [-0.2, -0.15) is 14.3 Å². The van der Waals surface area contributed by atoms with E-state index in [-0.39, 0.29) is 24.9 Å². The Morgan fingerprint density at radius 1 is 1.19 bits per heavy atom. The number of fused-ring (bicyclic) bond motifs is 1. The van der Waals surface area contributed by atoms with Crippen LogP contribution in [0.25, 0.3) is 0 Å². The predicted molar refractivity (Wildman–Crippen MR) is 119 cm³/mol. The summed E-state index contributed by atoms with van der Waals surface area (Å²) in [7, 11) is 0. The molecule has 5 amide bonds. The highest BCUT2D eigenvalue weighted by Crippen LogP contribution is 2.28. The van der Waals surface area contributed by atoms with Crippen molar-refractivity contribution in [3.8, 4) is 0 Å². The number of primary amides is 1. The zero-order chi connectivity index (χ0) is 22.4. The Labute approximate surface area is 189 Å². The number of halogens is 1. The lowest BCUT2D eigenvalue weighted by Gasteiger charge is -2.23. The SMILES string of the molecule is NC(=O)C[N+]1=C2C=CSC2C(=O)N(CCCCCC(=O)NCc2ccccc2Cl)C1=O. The van der Waals surface area contributed by atoms with Crippen LogP contribution in [0.3, 0.4) is 0 Å². The van der Waals surface area contributed by atoms with Gasteiger partial charge in [0.15, 0.2) is 11.8 Å². The fraction of sp³-hybridized carbons (Fsp3) is 0.381. The number of rotatable bonds is 10. The van der Waals surface area contributed by atoms with Gasteiger partial charge in [-0.25, -0.2) is 4.79 Å². The lowest BCUT2D eigenvalue weighted by molar-refractivity contribution is -0.426. The molecule has 0 radical (unpaired) electrons. The molecule has 1 atom stereocenters. The Morgan fingerprint density at radius 2 is 1.97 bits per heavy atom. The number of thioether (sulfide) groups is 1. The molecule has 0 bridgehead atoms. The molecule has 164 valence electrons. The summed E-state index contributed by atoms with van der Waals surface area (Å²) >= 11 is 7.38. The van der Waals surface area contributed by atoms with Crippen molar-refractivity contribution in [1.82, 2.24) is 10.2 Å². The number of allylic oxidation sites excluding steroid dienone is 1. The maximum atomic E-state index is 12.7. The molecular formula is C21H24ClN4O4S+. The van der Waals surface area contributed by atoms with E-state index in [4.69, 9.17) is 17.3 Å². The highest BCUT2D eigenvalue weighted by atomic mass is 35.5. The molecule has 3 N–H and O–H groups in total. The van der Waals surface area contributed by atoms with Gasteiger partial charge >= 0.3 is 11.9 Å². The third-order valence-corrected chi connectivity index (χ3v) is 6.40. The topological polar surface area (TPSA) is 113 Å². The first kappa shape index (κ1) is 23.0. The number of nitrogens with zero attached hydrogens (tertiary/aromatic N) is 2. The van der Waals surface area contributed by atoms with Crippen LogP contribution in [-0.4, -0.2) is 57.3 Å². The van der Waals surface area contributed by atoms with Crippen LogP contribution in [0, 0.1) is 0 Å². The lowest BCUT2D eigenvalue weighted by atomic mass is 10.1. The molecule has 1 aromatic rings. The highest BCUT2D eigenvalue weighted by Gasteiger charge is 2.48. The van der Waals surface area contributed by atoms with Gasteiger partial charge in [0, 0.05) is 18.0 Å². The molecule has 0 saturated heterocycles. The van der Waals surface area contributed by atoms with Crippen LogP contribution in [0.4, 0.5) is 4.79 Å². The van der Waals surface area contributed by atoms with E-state index in [1.54, 1.807) is 17.6 Å². The van der Waals surface area contributed by atoms with Crippen LogP contribution < -0.4 is 11.1 Å². The maximum absolute atomic E-state index is 12.7. The number of unbranched alkanes of at least 4 members (excludes halogenated alkanes) is 2. The number of amides is 5. The van der Waals surface area contributed by atoms with Gasteiger partial charge in [0.25, 0.3) is 5.91 Å². The van der Waals surface area contributed by atoms with Gasteiger partial charge in [-0.1, -0.05) is 29.8 Å². The van der Waals surface area contributed by atoms with E-state index in [2.05, 4.69) is 5.32 Å². The highest BCUT2D eigenvalue weighted by molar-refractivity contribution is 8.04. The molecule has 0 fully saturated rings. The van der Waals surface area contributed by atoms with E-state index < -0.39 is 17.2 Å². The largest absolute Gasteiger partial charge is 0.501 e. The van der Waals surface area contributed by atoms with Crippen molar-refractivity contribution in [3.05, 3.63) is 46.3 Å². The molecule has 0 saturated carbocycles. The van der Waals surface area contributed by atoms with E-state index in [1.165, 1.54) is 21.2 Å². The summed E-state index contributed by atoms with van der Waals surface area (Å²) in [6.07, 6.45) is 3.90. The third kappa shape index (κ3) is 5.74. The average molecular weight is 464 g/mol. The maximum Gasteiger partial charge on any atom is 0.501 e. The molecule has 0 spiro atoms. The molecule has 3 rings (SSSR count). The van der Waals surface area contributed by atoms with E-state index >= 15 is 0 Å². The molecule has 8 nitrogen and oxygen atoms in total. The molecule has 2 aliphatic heterocycles. The lowest BCUT2D eigenvalue weighted by Crippen LogP contribution is -2.56.